The Morgan fingerprint density at radius 2 is 1.39 bits per heavy atom. The summed E-state index contributed by atoms with van der Waals surface area (Å²) in [6.45, 7) is 1.18. The van der Waals surface area contributed by atoms with E-state index < -0.39 is 30.6 Å². The van der Waals surface area contributed by atoms with Gasteiger partial charge in [-0.15, -0.1) is 0 Å². The standard InChI is InChI=1S/C25H25NO5/c1-18(31-22-11-7-4-8-12-22)25(28)30-17-23(27)26-24(19-9-5-3-6-10-19)20-13-15-21(29-2)16-14-20/h3-16,18,24H,17H2,1-2H3,(H,26,27)/t18-,24-/m0/s1. The molecule has 0 unspecified atom stereocenters. The van der Waals surface area contributed by atoms with Crippen LogP contribution in [0.2, 0.25) is 0 Å². The van der Waals surface area contributed by atoms with Gasteiger partial charge in [-0.1, -0.05) is 60.7 Å². The van der Waals surface area contributed by atoms with Crippen molar-refractivity contribution in [1.29, 1.82) is 0 Å². The first-order valence-electron chi connectivity index (χ1n) is 9.93. The molecule has 1 amide bonds. The SMILES string of the molecule is COc1ccc([C@@H](NC(=O)COC(=O)[C@H](C)Oc2ccccc2)c2ccccc2)cc1. The zero-order chi connectivity index (χ0) is 22.1. The third-order valence-corrected chi connectivity index (χ3v) is 4.62. The Labute approximate surface area is 181 Å². The molecule has 0 heterocycles. The van der Waals surface area contributed by atoms with E-state index in [9.17, 15) is 9.59 Å². The number of carbonyl (C=O) groups is 2. The van der Waals surface area contributed by atoms with E-state index in [1.165, 1.54) is 0 Å². The number of carbonyl (C=O) groups excluding carboxylic acids is 2. The van der Waals surface area contributed by atoms with Crippen LogP contribution in [0.4, 0.5) is 0 Å². The highest BCUT2D eigenvalue weighted by atomic mass is 16.6. The fourth-order valence-electron chi connectivity index (χ4n) is 3.01. The number of methoxy groups -OCH3 is 1. The van der Waals surface area contributed by atoms with E-state index in [-0.39, 0.29) is 0 Å². The maximum absolute atomic E-state index is 12.6. The minimum atomic E-state index is -0.832. The Bertz CT molecular complexity index is 974. The molecule has 0 aliphatic rings. The largest absolute Gasteiger partial charge is 0.497 e. The van der Waals surface area contributed by atoms with Crippen LogP contribution in [0.5, 0.6) is 11.5 Å². The number of rotatable bonds is 9. The van der Waals surface area contributed by atoms with Crippen molar-refractivity contribution in [2.45, 2.75) is 19.1 Å². The van der Waals surface area contributed by atoms with Gasteiger partial charge < -0.3 is 19.5 Å². The van der Waals surface area contributed by atoms with Gasteiger partial charge in [0, 0.05) is 0 Å². The Kier molecular flexibility index (Phi) is 7.65. The van der Waals surface area contributed by atoms with Crippen LogP contribution in [0.3, 0.4) is 0 Å². The molecule has 2 atom stereocenters. The lowest BCUT2D eigenvalue weighted by Gasteiger charge is -2.20. The molecular weight excluding hydrogens is 394 g/mol. The summed E-state index contributed by atoms with van der Waals surface area (Å²) < 4.78 is 15.9. The first-order valence-corrected chi connectivity index (χ1v) is 9.93. The summed E-state index contributed by atoms with van der Waals surface area (Å²) in [7, 11) is 1.60. The van der Waals surface area contributed by atoms with E-state index in [1.54, 1.807) is 26.2 Å². The number of nitrogens with one attached hydrogen (secondary N) is 1. The lowest BCUT2D eigenvalue weighted by molar-refractivity contribution is -0.154. The van der Waals surface area contributed by atoms with Crippen molar-refractivity contribution < 1.29 is 23.8 Å². The molecule has 3 rings (SSSR count). The van der Waals surface area contributed by atoms with Gasteiger partial charge in [-0.3, -0.25) is 4.79 Å². The topological polar surface area (TPSA) is 73.9 Å². The minimum absolute atomic E-state index is 0.392. The number of hydrogen-bond acceptors (Lipinski definition) is 5. The van der Waals surface area contributed by atoms with Gasteiger partial charge in [0.15, 0.2) is 12.7 Å². The summed E-state index contributed by atoms with van der Waals surface area (Å²) in [6.07, 6.45) is -0.832. The van der Waals surface area contributed by atoms with Crippen molar-refractivity contribution >= 4 is 11.9 Å². The number of esters is 1. The molecular formula is C25H25NO5. The Morgan fingerprint density at radius 1 is 0.806 bits per heavy atom. The lowest BCUT2D eigenvalue weighted by Crippen LogP contribution is -2.35. The second-order valence-corrected chi connectivity index (χ2v) is 6.87. The van der Waals surface area contributed by atoms with Crippen LogP contribution in [-0.2, 0) is 14.3 Å². The van der Waals surface area contributed by atoms with E-state index in [0.29, 0.717) is 5.75 Å². The Hall–Kier alpha value is -3.80. The van der Waals surface area contributed by atoms with Gasteiger partial charge in [-0.2, -0.15) is 0 Å². The average molecular weight is 419 g/mol. The zero-order valence-electron chi connectivity index (χ0n) is 17.5. The van der Waals surface area contributed by atoms with Crippen LogP contribution >= 0.6 is 0 Å². The summed E-state index contributed by atoms with van der Waals surface area (Å²) >= 11 is 0. The van der Waals surface area contributed by atoms with Gasteiger partial charge in [0.1, 0.15) is 11.5 Å². The summed E-state index contributed by atoms with van der Waals surface area (Å²) in [5.41, 5.74) is 1.79. The number of amides is 1. The summed E-state index contributed by atoms with van der Waals surface area (Å²) in [5, 5.41) is 2.93. The molecule has 31 heavy (non-hydrogen) atoms. The number of benzene rings is 3. The predicted molar refractivity (Wildman–Crippen MR) is 117 cm³/mol. The van der Waals surface area contributed by atoms with Crippen LogP contribution in [0.1, 0.15) is 24.1 Å². The zero-order valence-corrected chi connectivity index (χ0v) is 17.5. The maximum atomic E-state index is 12.6. The van der Waals surface area contributed by atoms with Crippen LogP contribution < -0.4 is 14.8 Å². The van der Waals surface area contributed by atoms with Crippen LogP contribution in [0.15, 0.2) is 84.9 Å². The van der Waals surface area contributed by atoms with Crippen molar-refractivity contribution in [3.63, 3.8) is 0 Å². The number of ether oxygens (including phenoxy) is 3. The van der Waals surface area contributed by atoms with E-state index in [0.717, 1.165) is 16.9 Å². The fourth-order valence-corrected chi connectivity index (χ4v) is 3.01. The highest BCUT2D eigenvalue weighted by Crippen LogP contribution is 2.24. The van der Waals surface area contributed by atoms with Crippen molar-refractivity contribution in [2.24, 2.45) is 0 Å². The molecule has 3 aromatic rings. The molecule has 1 N–H and O–H groups in total. The van der Waals surface area contributed by atoms with E-state index >= 15 is 0 Å². The second-order valence-electron chi connectivity index (χ2n) is 6.87. The summed E-state index contributed by atoms with van der Waals surface area (Å²) in [5.74, 6) is 0.257. The van der Waals surface area contributed by atoms with Gasteiger partial charge in [-0.25, -0.2) is 4.79 Å². The number of para-hydroxylation sites is 1. The molecule has 6 heteroatoms. The molecule has 0 aliphatic carbocycles. The first kappa shape index (κ1) is 21.9. The fraction of sp³-hybridized carbons (Fsp3) is 0.200. The van der Waals surface area contributed by atoms with Crippen molar-refractivity contribution in [2.75, 3.05) is 13.7 Å². The van der Waals surface area contributed by atoms with Gasteiger partial charge in [0.25, 0.3) is 5.91 Å². The Balaban J connectivity index is 1.61. The molecule has 0 spiro atoms. The van der Waals surface area contributed by atoms with Crippen LogP contribution in [0.25, 0.3) is 0 Å². The van der Waals surface area contributed by atoms with Crippen LogP contribution in [-0.4, -0.2) is 31.7 Å². The molecule has 3 aromatic carbocycles. The molecule has 160 valence electrons. The van der Waals surface area contributed by atoms with Gasteiger partial charge in [-0.05, 0) is 42.3 Å². The molecule has 6 nitrogen and oxygen atoms in total. The van der Waals surface area contributed by atoms with E-state index in [4.69, 9.17) is 14.2 Å². The van der Waals surface area contributed by atoms with Crippen LogP contribution in [0, 0.1) is 0 Å². The van der Waals surface area contributed by atoms with E-state index in [1.807, 2.05) is 72.8 Å². The van der Waals surface area contributed by atoms with Gasteiger partial charge in [0.2, 0.25) is 0 Å². The van der Waals surface area contributed by atoms with Gasteiger partial charge in [0.05, 0.1) is 13.2 Å². The normalized spacial score (nSPS) is 12.3. The third kappa shape index (κ3) is 6.34. The molecule has 0 aromatic heterocycles. The highest BCUT2D eigenvalue weighted by molar-refractivity contribution is 5.82. The number of hydrogen-bond donors (Lipinski definition) is 1. The lowest BCUT2D eigenvalue weighted by atomic mass is 9.98. The van der Waals surface area contributed by atoms with Crippen molar-refractivity contribution in [1.82, 2.24) is 5.32 Å². The summed E-state index contributed by atoms with van der Waals surface area (Å²) in [4.78, 5) is 24.8. The van der Waals surface area contributed by atoms with Gasteiger partial charge >= 0.3 is 5.97 Å². The predicted octanol–water partition coefficient (Wildman–Crippen LogP) is 3.91. The van der Waals surface area contributed by atoms with Crippen molar-refractivity contribution in [3.8, 4) is 11.5 Å². The molecule has 0 bridgehead atoms. The quantitative estimate of drug-likeness (QED) is 0.533. The van der Waals surface area contributed by atoms with Crippen molar-refractivity contribution in [3.05, 3.63) is 96.1 Å². The molecule has 0 aliphatic heterocycles. The second kappa shape index (κ2) is 10.8. The highest BCUT2D eigenvalue weighted by Gasteiger charge is 2.21. The monoisotopic (exact) mass is 419 g/mol. The minimum Gasteiger partial charge on any atom is -0.497 e. The third-order valence-electron chi connectivity index (χ3n) is 4.62. The average Bonchev–Trinajstić information content (AvgIpc) is 2.82. The first-order chi connectivity index (χ1) is 15.1. The molecule has 0 radical (unpaired) electrons. The molecule has 0 fully saturated rings. The van der Waals surface area contributed by atoms with E-state index in [2.05, 4.69) is 5.32 Å². The molecule has 0 saturated heterocycles. The molecule has 0 saturated carbocycles. The smallest absolute Gasteiger partial charge is 0.347 e. The maximum Gasteiger partial charge on any atom is 0.347 e. The Morgan fingerprint density at radius 3 is 2.00 bits per heavy atom. The summed E-state index contributed by atoms with van der Waals surface area (Å²) in [6, 6.07) is 25.6.